The quantitative estimate of drug-likeness (QED) is 0.848. The Balaban J connectivity index is 2.05. The number of carbonyl (C=O) groups is 2. The molecule has 1 aliphatic heterocycles. The van der Waals surface area contributed by atoms with Gasteiger partial charge in [-0.1, -0.05) is 0 Å². The molecule has 0 bridgehead atoms. The Morgan fingerprint density at radius 3 is 2.89 bits per heavy atom. The summed E-state index contributed by atoms with van der Waals surface area (Å²) in [5.41, 5.74) is 2.16. The third kappa shape index (κ3) is 2.85. The highest BCUT2D eigenvalue weighted by molar-refractivity contribution is 7.99. The van der Waals surface area contributed by atoms with Crippen LogP contribution in [0.5, 0.6) is 0 Å². The molecule has 96 valence electrons. The molecule has 0 aliphatic carbocycles. The summed E-state index contributed by atoms with van der Waals surface area (Å²) in [4.78, 5) is 24.7. The smallest absolute Gasteiger partial charge is 0.304 e. The van der Waals surface area contributed by atoms with E-state index in [0.29, 0.717) is 5.75 Å². The number of rotatable bonds is 4. The molecule has 0 spiro atoms. The first kappa shape index (κ1) is 13.0. The number of fused-ring (bicyclic) bond motifs is 1. The molecule has 2 rings (SSSR count). The number of hydrogen-bond acceptors (Lipinski definition) is 3. The van der Waals surface area contributed by atoms with Crippen LogP contribution in [0.25, 0.3) is 0 Å². The molecule has 0 aromatic heterocycles. The summed E-state index contributed by atoms with van der Waals surface area (Å²) in [6, 6.07) is 5.96. The molecule has 1 aromatic carbocycles. The van der Waals surface area contributed by atoms with E-state index in [1.54, 1.807) is 23.6 Å². The standard InChI is InChI=1S/C13H15NO3S/c1-9(15)14-6-4-10-8-11(2-3-12(10)14)18-7-5-13(16)17/h2-3,8H,4-7H2,1H3,(H,16,17). The lowest BCUT2D eigenvalue weighted by Crippen LogP contribution is -2.25. The first-order valence-electron chi connectivity index (χ1n) is 5.83. The third-order valence-corrected chi connectivity index (χ3v) is 3.91. The number of aliphatic carboxylic acids is 1. The Morgan fingerprint density at radius 2 is 2.22 bits per heavy atom. The molecule has 0 radical (unpaired) electrons. The van der Waals surface area contributed by atoms with E-state index in [0.717, 1.165) is 23.5 Å². The summed E-state index contributed by atoms with van der Waals surface area (Å²) in [6.07, 6.45) is 1.05. The SMILES string of the molecule is CC(=O)N1CCc2cc(SCCC(=O)O)ccc21. The predicted molar refractivity (Wildman–Crippen MR) is 71.1 cm³/mol. The second kappa shape index (κ2) is 5.44. The molecule has 1 amide bonds. The lowest BCUT2D eigenvalue weighted by Gasteiger charge is -2.14. The Labute approximate surface area is 110 Å². The zero-order chi connectivity index (χ0) is 13.1. The minimum Gasteiger partial charge on any atom is -0.481 e. The highest BCUT2D eigenvalue weighted by Crippen LogP contribution is 2.32. The molecule has 4 nitrogen and oxygen atoms in total. The van der Waals surface area contributed by atoms with Crippen molar-refractivity contribution in [2.75, 3.05) is 17.2 Å². The van der Waals surface area contributed by atoms with Gasteiger partial charge < -0.3 is 10.0 Å². The molecule has 1 aliphatic rings. The molecule has 0 saturated heterocycles. The van der Waals surface area contributed by atoms with E-state index in [-0.39, 0.29) is 12.3 Å². The second-order valence-corrected chi connectivity index (χ2v) is 5.37. The van der Waals surface area contributed by atoms with Gasteiger partial charge in [0.05, 0.1) is 6.42 Å². The Morgan fingerprint density at radius 1 is 1.44 bits per heavy atom. The van der Waals surface area contributed by atoms with Crippen LogP contribution in [0.15, 0.2) is 23.1 Å². The molecule has 1 heterocycles. The summed E-state index contributed by atoms with van der Waals surface area (Å²) >= 11 is 1.54. The molecule has 0 atom stereocenters. The molecular weight excluding hydrogens is 250 g/mol. The maximum absolute atomic E-state index is 11.4. The summed E-state index contributed by atoms with van der Waals surface area (Å²) < 4.78 is 0. The van der Waals surface area contributed by atoms with Crippen LogP contribution in [0, 0.1) is 0 Å². The van der Waals surface area contributed by atoms with E-state index in [4.69, 9.17) is 5.11 Å². The predicted octanol–water partition coefficient (Wildman–Crippen LogP) is 2.16. The van der Waals surface area contributed by atoms with Crippen molar-refractivity contribution in [3.63, 3.8) is 0 Å². The Bertz CT molecular complexity index is 487. The Hall–Kier alpha value is -1.49. The third-order valence-electron chi connectivity index (χ3n) is 2.91. The molecule has 1 N–H and O–H groups in total. The van der Waals surface area contributed by atoms with Gasteiger partial charge in [0.15, 0.2) is 0 Å². The van der Waals surface area contributed by atoms with E-state index in [2.05, 4.69) is 6.07 Å². The number of carboxylic acid groups (broad SMARTS) is 1. The number of thioether (sulfide) groups is 1. The van der Waals surface area contributed by atoms with Crippen LogP contribution in [0.4, 0.5) is 5.69 Å². The molecular formula is C13H15NO3S. The van der Waals surface area contributed by atoms with Crippen molar-refractivity contribution >= 4 is 29.3 Å². The summed E-state index contributed by atoms with van der Waals surface area (Å²) in [7, 11) is 0. The highest BCUT2D eigenvalue weighted by Gasteiger charge is 2.21. The topological polar surface area (TPSA) is 57.6 Å². The van der Waals surface area contributed by atoms with E-state index < -0.39 is 5.97 Å². The van der Waals surface area contributed by atoms with Crippen LogP contribution >= 0.6 is 11.8 Å². The first-order valence-corrected chi connectivity index (χ1v) is 6.82. The second-order valence-electron chi connectivity index (χ2n) is 4.20. The van der Waals surface area contributed by atoms with Gasteiger partial charge in [-0.15, -0.1) is 11.8 Å². The number of hydrogen-bond donors (Lipinski definition) is 1. The van der Waals surface area contributed by atoms with Gasteiger partial charge in [0.25, 0.3) is 0 Å². The van der Waals surface area contributed by atoms with Crippen LogP contribution in [0.3, 0.4) is 0 Å². The highest BCUT2D eigenvalue weighted by atomic mass is 32.2. The molecule has 0 fully saturated rings. The van der Waals surface area contributed by atoms with E-state index in [1.807, 2.05) is 12.1 Å². The number of nitrogens with zero attached hydrogens (tertiary/aromatic N) is 1. The molecule has 5 heteroatoms. The van der Waals surface area contributed by atoms with Gasteiger partial charge in [-0.25, -0.2) is 0 Å². The van der Waals surface area contributed by atoms with Crippen molar-refractivity contribution in [2.24, 2.45) is 0 Å². The minimum atomic E-state index is -0.772. The fraction of sp³-hybridized carbons (Fsp3) is 0.385. The lowest BCUT2D eigenvalue weighted by molar-refractivity contribution is -0.136. The number of carboxylic acids is 1. The van der Waals surface area contributed by atoms with E-state index in [9.17, 15) is 9.59 Å². The van der Waals surface area contributed by atoms with Gasteiger partial charge in [-0.3, -0.25) is 9.59 Å². The summed E-state index contributed by atoms with van der Waals surface area (Å²) in [5, 5.41) is 8.58. The van der Waals surface area contributed by atoms with Crippen molar-refractivity contribution in [2.45, 2.75) is 24.7 Å². The molecule has 0 unspecified atom stereocenters. The largest absolute Gasteiger partial charge is 0.481 e. The zero-order valence-electron chi connectivity index (χ0n) is 10.2. The maximum Gasteiger partial charge on any atom is 0.304 e. The zero-order valence-corrected chi connectivity index (χ0v) is 11.0. The average Bonchev–Trinajstić information content (AvgIpc) is 2.71. The minimum absolute atomic E-state index is 0.0695. The number of anilines is 1. The van der Waals surface area contributed by atoms with Crippen LogP contribution in [-0.2, 0) is 16.0 Å². The van der Waals surface area contributed by atoms with Crippen LogP contribution in [0.1, 0.15) is 18.9 Å². The number of carbonyl (C=O) groups excluding carboxylic acids is 1. The summed E-state index contributed by atoms with van der Waals surface area (Å²) in [6.45, 7) is 2.32. The van der Waals surface area contributed by atoms with Crippen LogP contribution < -0.4 is 4.90 Å². The molecule has 1 aromatic rings. The van der Waals surface area contributed by atoms with Crippen molar-refractivity contribution < 1.29 is 14.7 Å². The van der Waals surface area contributed by atoms with Crippen LogP contribution in [-0.4, -0.2) is 29.3 Å². The van der Waals surface area contributed by atoms with E-state index >= 15 is 0 Å². The normalized spacial score (nSPS) is 13.5. The molecule has 0 saturated carbocycles. The van der Waals surface area contributed by atoms with Gasteiger partial charge in [0.1, 0.15) is 0 Å². The lowest BCUT2D eigenvalue weighted by atomic mass is 10.2. The van der Waals surface area contributed by atoms with Crippen molar-refractivity contribution in [3.8, 4) is 0 Å². The summed E-state index contributed by atoms with van der Waals surface area (Å²) in [5.74, 6) is -0.128. The van der Waals surface area contributed by atoms with Gasteiger partial charge in [0, 0.05) is 29.8 Å². The maximum atomic E-state index is 11.4. The number of benzene rings is 1. The van der Waals surface area contributed by atoms with Gasteiger partial charge >= 0.3 is 5.97 Å². The van der Waals surface area contributed by atoms with Crippen molar-refractivity contribution in [1.29, 1.82) is 0 Å². The van der Waals surface area contributed by atoms with Crippen molar-refractivity contribution in [3.05, 3.63) is 23.8 Å². The van der Waals surface area contributed by atoms with Crippen molar-refractivity contribution in [1.82, 2.24) is 0 Å². The Kier molecular flexibility index (Phi) is 3.91. The fourth-order valence-electron chi connectivity index (χ4n) is 2.05. The fourth-order valence-corrected chi connectivity index (χ4v) is 2.95. The number of amides is 1. The van der Waals surface area contributed by atoms with Gasteiger partial charge in [0.2, 0.25) is 5.91 Å². The first-order chi connectivity index (χ1) is 8.58. The van der Waals surface area contributed by atoms with Gasteiger partial charge in [-0.2, -0.15) is 0 Å². The monoisotopic (exact) mass is 265 g/mol. The van der Waals surface area contributed by atoms with Gasteiger partial charge in [-0.05, 0) is 30.2 Å². The van der Waals surface area contributed by atoms with Crippen LogP contribution in [0.2, 0.25) is 0 Å². The average molecular weight is 265 g/mol. The van der Waals surface area contributed by atoms with E-state index in [1.165, 1.54) is 5.56 Å². The molecule has 18 heavy (non-hydrogen) atoms.